The zero-order valence-electron chi connectivity index (χ0n) is 33.1. The molecule has 0 radical (unpaired) electrons. The predicted molar refractivity (Wildman–Crippen MR) is 192 cm³/mol. The van der Waals surface area contributed by atoms with Gasteiger partial charge in [-0.2, -0.15) is 0 Å². The van der Waals surface area contributed by atoms with Crippen molar-refractivity contribution in [1.82, 2.24) is 14.7 Å². The van der Waals surface area contributed by atoms with Crippen molar-refractivity contribution in [1.29, 1.82) is 0 Å². The van der Waals surface area contributed by atoms with E-state index in [0.29, 0.717) is 0 Å². The molecule has 0 aromatic heterocycles. The molecular formula is C33H72LaN9. The maximum absolute atomic E-state index is 4.57. The van der Waals surface area contributed by atoms with Gasteiger partial charge in [-0.15, -0.1) is 0 Å². The molecule has 0 N–H and O–H groups in total. The molecule has 0 saturated heterocycles. The molecule has 0 aromatic rings. The van der Waals surface area contributed by atoms with Crippen LogP contribution in [-0.4, -0.2) is 108 Å². The summed E-state index contributed by atoms with van der Waals surface area (Å²) in [6.07, 6.45) is 0. The van der Waals surface area contributed by atoms with E-state index in [9.17, 15) is 0 Å². The van der Waals surface area contributed by atoms with E-state index in [1.54, 1.807) is 0 Å². The van der Waals surface area contributed by atoms with Gasteiger partial charge in [0.2, 0.25) is 0 Å². The summed E-state index contributed by atoms with van der Waals surface area (Å²) in [5, 5.41) is 13.7. The molecule has 0 fully saturated rings. The first-order valence-electron chi connectivity index (χ1n) is 15.0. The number of guanidine groups is 3. The van der Waals surface area contributed by atoms with Gasteiger partial charge in [0, 0.05) is 17.9 Å². The van der Waals surface area contributed by atoms with Crippen LogP contribution in [0.1, 0.15) is 125 Å². The fraction of sp³-hybridized carbons (Fsp3) is 0.909. The largest absolute Gasteiger partial charge is 3.00 e. The third kappa shape index (κ3) is 37.1. The Morgan fingerprint density at radius 1 is 0.349 bits per heavy atom. The van der Waals surface area contributed by atoms with Gasteiger partial charge in [0.1, 0.15) is 0 Å². The van der Waals surface area contributed by atoms with E-state index in [1.807, 2.05) is 57.0 Å². The molecule has 9 nitrogen and oxygen atoms in total. The fourth-order valence-corrected chi connectivity index (χ4v) is 2.47. The number of hydrogen-bond acceptors (Lipinski definition) is 3. The van der Waals surface area contributed by atoms with Crippen molar-refractivity contribution in [3.05, 3.63) is 16.0 Å². The zero-order valence-corrected chi connectivity index (χ0v) is 36.7. The summed E-state index contributed by atoms with van der Waals surface area (Å²) in [5.41, 5.74) is -0.450. The molecule has 0 aliphatic heterocycles. The molecule has 0 heterocycles. The van der Waals surface area contributed by atoms with Crippen molar-refractivity contribution in [2.75, 3.05) is 42.3 Å². The van der Waals surface area contributed by atoms with Crippen LogP contribution >= 0.6 is 0 Å². The van der Waals surface area contributed by atoms with Gasteiger partial charge in [-0.25, -0.2) is 0 Å². The molecule has 0 aromatic carbocycles. The smallest absolute Gasteiger partial charge is 0.432 e. The van der Waals surface area contributed by atoms with Gasteiger partial charge in [0.05, 0.1) is 0 Å². The van der Waals surface area contributed by atoms with Crippen LogP contribution < -0.4 is 0 Å². The molecule has 10 heteroatoms. The summed E-state index contributed by atoms with van der Waals surface area (Å²) < 4.78 is 0. The summed E-state index contributed by atoms with van der Waals surface area (Å²) in [5.74, 6) is 2.43. The number of hydrogen-bond donors (Lipinski definition) is 0. The average molecular weight is 734 g/mol. The van der Waals surface area contributed by atoms with Crippen LogP contribution in [0.4, 0.5) is 0 Å². The second-order valence-corrected chi connectivity index (χ2v) is 17.3. The topological polar surface area (TPSA) is 89.1 Å². The van der Waals surface area contributed by atoms with Gasteiger partial charge in [-0.1, -0.05) is 125 Å². The molecule has 0 atom stereocenters. The number of rotatable bonds is 0. The van der Waals surface area contributed by atoms with E-state index in [1.165, 1.54) is 0 Å². The molecule has 0 aliphatic carbocycles. The van der Waals surface area contributed by atoms with E-state index in [2.05, 4.69) is 156 Å². The molecule has 0 saturated carbocycles. The molecule has 0 rings (SSSR count). The maximum Gasteiger partial charge on any atom is 3.00 e. The molecule has 0 bridgehead atoms. The first-order valence-corrected chi connectivity index (χ1v) is 15.0. The Hall–Kier alpha value is -0.995. The maximum atomic E-state index is 4.57. The van der Waals surface area contributed by atoms with Crippen molar-refractivity contribution in [3.8, 4) is 0 Å². The molecule has 43 heavy (non-hydrogen) atoms. The predicted octanol–water partition coefficient (Wildman–Crippen LogP) is 8.62. The Bertz CT molecular complexity index is 732. The van der Waals surface area contributed by atoms with Crippen LogP contribution in [-0.2, 0) is 0 Å². The normalized spacial score (nSPS) is 13.8. The van der Waals surface area contributed by atoms with Crippen molar-refractivity contribution >= 4 is 17.9 Å². The third-order valence-electron chi connectivity index (χ3n) is 3.81. The van der Waals surface area contributed by atoms with E-state index in [4.69, 9.17) is 0 Å². The van der Waals surface area contributed by atoms with Crippen LogP contribution in [0.2, 0.25) is 0 Å². The fourth-order valence-electron chi connectivity index (χ4n) is 2.47. The standard InChI is InChI=1S/3C11H24N3.La/c3*1-10(2,3)12-9(14(7)8)13-11(4,5)6;/h3*1-8H3;/q3*-1;+3. The van der Waals surface area contributed by atoms with Gasteiger partial charge >= 0.3 is 35.6 Å². The van der Waals surface area contributed by atoms with E-state index >= 15 is 0 Å². The Morgan fingerprint density at radius 2 is 0.488 bits per heavy atom. The molecule has 0 amide bonds. The average Bonchev–Trinajstić information content (AvgIpc) is 2.60. The first-order chi connectivity index (χ1) is 18.0. The van der Waals surface area contributed by atoms with Crippen LogP contribution in [0, 0.1) is 35.6 Å². The molecule has 0 spiro atoms. The van der Waals surface area contributed by atoms with E-state index < -0.39 is 0 Å². The number of nitrogens with zero attached hydrogens (tertiary/aromatic N) is 9. The van der Waals surface area contributed by atoms with Gasteiger partial charge < -0.3 is 45.6 Å². The van der Waals surface area contributed by atoms with Crippen molar-refractivity contribution < 1.29 is 35.6 Å². The Balaban J connectivity index is -0.000000262. The van der Waals surface area contributed by atoms with Crippen LogP contribution in [0.25, 0.3) is 16.0 Å². The summed E-state index contributed by atoms with van der Waals surface area (Å²) in [6.45, 7) is 37.4. The quantitative estimate of drug-likeness (QED) is 0.185. The molecule has 252 valence electrons. The third-order valence-corrected chi connectivity index (χ3v) is 3.81. The monoisotopic (exact) mass is 733 g/mol. The number of aliphatic imine (C=N–C) groups is 3. The Kier molecular flexibility index (Phi) is 21.4. The second-order valence-electron chi connectivity index (χ2n) is 17.3. The summed E-state index contributed by atoms with van der Waals surface area (Å²) in [6, 6.07) is 0. The first kappa shape index (κ1) is 48.9. The second kappa shape index (κ2) is 18.8. The SMILES string of the molecule is CN(C)C(=NC(C)(C)C)[N-]C(C)(C)C.CN(C)C(=NC(C)(C)C)[N-]C(C)(C)C.CN(C)C(=NC(C)(C)C)[N-]C(C)(C)C.[La+3]. The van der Waals surface area contributed by atoms with Crippen LogP contribution in [0.3, 0.4) is 0 Å². The van der Waals surface area contributed by atoms with Crippen molar-refractivity contribution in [3.63, 3.8) is 0 Å². The van der Waals surface area contributed by atoms with E-state index in [0.717, 1.165) is 17.9 Å². The minimum atomic E-state index is -0.0750. The van der Waals surface area contributed by atoms with Crippen LogP contribution in [0.5, 0.6) is 0 Å². The van der Waals surface area contributed by atoms with Gasteiger partial charge in [0.25, 0.3) is 0 Å². The minimum absolute atomic E-state index is 0. The van der Waals surface area contributed by atoms with Crippen molar-refractivity contribution in [2.45, 2.75) is 158 Å². The summed E-state index contributed by atoms with van der Waals surface area (Å²) in [7, 11) is 11.8. The minimum Gasteiger partial charge on any atom is -0.432 e. The molecule has 0 aliphatic rings. The van der Waals surface area contributed by atoms with Gasteiger partial charge in [0.15, 0.2) is 0 Å². The van der Waals surface area contributed by atoms with Crippen molar-refractivity contribution in [2.24, 2.45) is 15.0 Å². The summed E-state index contributed by atoms with van der Waals surface area (Å²) in [4.78, 5) is 19.6. The van der Waals surface area contributed by atoms with E-state index in [-0.39, 0.29) is 68.8 Å². The Labute approximate surface area is 297 Å². The zero-order chi connectivity index (χ0) is 34.7. The van der Waals surface area contributed by atoms with Crippen LogP contribution in [0.15, 0.2) is 15.0 Å². The van der Waals surface area contributed by atoms with Gasteiger partial charge in [-0.3, -0.25) is 0 Å². The summed E-state index contributed by atoms with van der Waals surface area (Å²) >= 11 is 0. The molecular weight excluding hydrogens is 661 g/mol. The Morgan fingerprint density at radius 3 is 0.558 bits per heavy atom. The molecule has 0 unspecified atom stereocenters. The van der Waals surface area contributed by atoms with Gasteiger partial charge in [-0.05, 0) is 75.5 Å².